The zero-order valence-electron chi connectivity index (χ0n) is 9.81. The van der Waals surface area contributed by atoms with Crippen LogP contribution in [-0.4, -0.2) is 5.75 Å². The molecule has 1 aliphatic rings. The van der Waals surface area contributed by atoms with Crippen molar-refractivity contribution in [2.75, 3.05) is 5.75 Å². The second-order valence-corrected chi connectivity index (χ2v) is 5.35. The lowest BCUT2D eigenvalue weighted by Crippen LogP contribution is -1.96. The first-order chi connectivity index (χ1) is 8.34. The van der Waals surface area contributed by atoms with Crippen LogP contribution < -0.4 is 0 Å². The second kappa shape index (κ2) is 4.42. The average Bonchev–Trinajstić information content (AvgIpc) is 2.39. The van der Waals surface area contributed by atoms with Crippen LogP contribution in [0.2, 0.25) is 0 Å². The molecule has 0 saturated carbocycles. The van der Waals surface area contributed by atoms with E-state index in [-0.39, 0.29) is 0 Å². The van der Waals surface area contributed by atoms with Gasteiger partial charge in [0.2, 0.25) is 0 Å². The Morgan fingerprint density at radius 1 is 0.941 bits per heavy atom. The molecular weight excluding hydrogens is 224 g/mol. The Morgan fingerprint density at radius 2 is 1.71 bits per heavy atom. The molecule has 2 aromatic carbocycles. The first-order valence-electron chi connectivity index (χ1n) is 5.84. The second-order valence-electron chi connectivity index (χ2n) is 4.29. The first-order valence-corrected chi connectivity index (χ1v) is 6.82. The molecule has 0 aromatic heterocycles. The standard InChI is InChI=1S/C16H14S/c1-12-6-8-13(9-7-12)14-10-11-17-16-5-3-2-4-15(14)16/h2-10H,11H2,1H3. The number of hydrogen-bond donors (Lipinski definition) is 0. The highest BCUT2D eigenvalue weighted by Crippen LogP contribution is 2.36. The van der Waals surface area contributed by atoms with Crippen LogP contribution in [0.1, 0.15) is 16.7 Å². The van der Waals surface area contributed by atoms with Gasteiger partial charge in [0, 0.05) is 10.6 Å². The van der Waals surface area contributed by atoms with Crippen LogP contribution in [-0.2, 0) is 0 Å². The molecule has 1 heterocycles. The lowest BCUT2D eigenvalue weighted by atomic mass is 9.97. The van der Waals surface area contributed by atoms with Gasteiger partial charge >= 0.3 is 0 Å². The molecule has 0 N–H and O–H groups in total. The molecule has 2 aromatic rings. The van der Waals surface area contributed by atoms with E-state index in [4.69, 9.17) is 0 Å². The van der Waals surface area contributed by atoms with Gasteiger partial charge in [0.15, 0.2) is 0 Å². The van der Waals surface area contributed by atoms with Crippen molar-refractivity contribution in [3.63, 3.8) is 0 Å². The van der Waals surface area contributed by atoms with Gasteiger partial charge in [-0.3, -0.25) is 0 Å². The Balaban J connectivity index is 2.09. The normalized spacial score (nSPS) is 14.1. The zero-order chi connectivity index (χ0) is 11.7. The fourth-order valence-corrected chi connectivity index (χ4v) is 3.08. The summed E-state index contributed by atoms with van der Waals surface area (Å²) >= 11 is 1.91. The minimum atomic E-state index is 1.07. The molecule has 0 unspecified atom stereocenters. The van der Waals surface area contributed by atoms with E-state index in [1.165, 1.54) is 27.2 Å². The molecule has 0 amide bonds. The molecular formula is C16H14S. The van der Waals surface area contributed by atoms with E-state index < -0.39 is 0 Å². The molecule has 17 heavy (non-hydrogen) atoms. The van der Waals surface area contributed by atoms with Gasteiger partial charge in [-0.2, -0.15) is 0 Å². The number of benzene rings is 2. The Kier molecular flexibility index (Phi) is 2.77. The summed E-state index contributed by atoms with van der Waals surface area (Å²) in [6.07, 6.45) is 2.33. The molecule has 0 radical (unpaired) electrons. The van der Waals surface area contributed by atoms with Crippen LogP contribution in [0.25, 0.3) is 5.57 Å². The van der Waals surface area contributed by atoms with Crippen LogP contribution in [0.4, 0.5) is 0 Å². The lowest BCUT2D eigenvalue weighted by Gasteiger charge is -2.17. The molecule has 0 atom stereocenters. The van der Waals surface area contributed by atoms with E-state index in [2.05, 4.69) is 61.5 Å². The molecule has 84 valence electrons. The predicted molar refractivity (Wildman–Crippen MR) is 75.4 cm³/mol. The minimum Gasteiger partial charge on any atom is -0.121 e. The third kappa shape index (κ3) is 2.03. The molecule has 0 aliphatic carbocycles. The van der Waals surface area contributed by atoms with Gasteiger partial charge in [0.1, 0.15) is 0 Å². The first kappa shape index (κ1) is 10.7. The Morgan fingerprint density at radius 3 is 2.53 bits per heavy atom. The van der Waals surface area contributed by atoms with E-state index in [9.17, 15) is 0 Å². The Hall–Kier alpha value is -1.47. The van der Waals surface area contributed by atoms with Gasteiger partial charge in [0.25, 0.3) is 0 Å². The molecule has 0 nitrogen and oxygen atoms in total. The Bertz CT molecular complexity index is 564. The van der Waals surface area contributed by atoms with Crippen LogP contribution in [0.3, 0.4) is 0 Å². The SMILES string of the molecule is Cc1ccc(C2=CCSc3ccccc32)cc1. The van der Waals surface area contributed by atoms with Gasteiger partial charge < -0.3 is 0 Å². The van der Waals surface area contributed by atoms with Crippen molar-refractivity contribution in [1.29, 1.82) is 0 Å². The highest BCUT2D eigenvalue weighted by Gasteiger charge is 2.13. The summed E-state index contributed by atoms with van der Waals surface area (Å²) in [5.41, 5.74) is 5.38. The zero-order valence-corrected chi connectivity index (χ0v) is 10.6. The van der Waals surface area contributed by atoms with E-state index in [0.29, 0.717) is 0 Å². The van der Waals surface area contributed by atoms with Crippen LogP contribution in [0.5, 0.6) is 0 Å². The topological polar surface area (TPSA) is 0 Å². The van der Waals surface area contributed by atoms with E-state index in [1.54, 1.807) is 0 Å². The maximum Gasteiger partial charge on any atom is 0.0170 e. The summed E-state index contributed by atoms with van der Waals surface area (Å²) in [5, 5.41) is 0. The quantitative estimate of drug-likeness (QED) is 0.703. The number of fused-ring (bicyclic) bond motifs is 1. The van der Waals surface area contributed by atoms with Crippen molar-refractivity contribution in [3.05, 3.63) is 71.3 Å². The van der Waals surface area contributed by atoms with E-state index in [1.807, 2.05) is 11.8 Å². The maximum atomic E-state index is 2.33. The van der Waals surface area contributed by atoms with Gasteiger partial charge in [0.05, 0.1) is 0 Å². The summed E-state index contributed by atoms with van der Waals surface area (Å²) in [6, 6.07) is 17.5. The predicted octanol–water partition coefficient (Wildman–Crippen LogP) is 4.53. The van der Waals surface area contributed by atoms with Crippen molar-refractivity contribution in [2.24, 2.45) is 0 Å². The maximum absolute atomic E-state index is 2.33. The van der Waals surface area contributed by atoms with Crippen molar-refractivity contribution >= 4 is 17.3 Å². The van der Waals surface area contributed by atoms with Crippen molar-refractivity contribution < 1.29 is 0 Å². The molecule has 3 rings (SSSR count). The monoisotopic (exact) mass is 238 g/mol. The lowest BCUT2D eigenvalue weighted by molar-refractivity contribution is 1.35. The van der Waals surface area contributed by atoms with Crippen LogP contribution in [0.15, 0.2) is 59.5 Å². The largest absolute Gasteiger partial charge is 0.121 e. The van der Waals surface area contributed by atoms with E-state index in [0.717, 1.165) is 5.75 Å². The van der Waals surface area contributed by atoms with Gasteiger partial charge in [-0.1, -0.05) is 54.1 Å². The van der Waals surface area contributed by atoms with E-state index >= 15 is 0 Å². The summed E-state index contributed by atoms with van der Waals surface area (Å²) < 4.78 is 0. The van der Waals surface area contributed by atoms with Gasteiger partial charge in [-0.15, -0.1) is 11.8 Å². The fourth-order valence-electron chi connectivity index (χ4n) is 2.15. The molecule has 0 bridgehead atoms. The number of rotatable bonds is 1. The molecule has 1 heteroatoms. The van der Waals surface area contributed by atoms with Gasteiger partial charge in [-0.25, -0.2) is 0 Å². The highest BCUT2D eigenvalue weighted by molar-refractivity contribution is 7.99. The highest BCUT2D eigenvalue weighted by atomic mass is 32.2. The third-order valence-electron chi connectivity index (χ3n) is 3.07. The van der Waals surface area contributed by atoms with Crippen LogP contribution >= 0.6 is 11.8 Å². The molecule has 0 spiro atoms. The average molecular weight is 238 g/mol. The summed E-state index contributed by atoms with van der Waals surface area (Å²) in [7, 11) is 0. The van der Waals surface area contributed by atoms with Crippen LogP contribution in [0, 0.1) is 6.92 Å². The van der Waals surface area contributed by atoms with Crippen molar-refractivity contribution in [1.82, 2.24) is 0 Å². The summed E-state index contributed by atoms with van der Waals surface area (Å²) in [6.45, 7) is 2.13. The summed E-state index contributed by atoms with van der Waals surface area (Å²) in [5.74, 6) is 1.07. The number of hydrogen-bond acceptors (Lipinski definition) is 1. The number of aryl methyl sites for hydroxylation is 1. The molecule has 0 saturated heterocycles. The van der Waals surface area contributed by atoms with Crippen molar-refractivity contribution in [2.45, 2.75) is 11.8 Å². The fraction of sp³-hybridized carbons (Fsp3) is 0.125. The molecule has 1 aliphatic heterocycles. The molecule has 0 fully saturated rings. The smallest absolute Gasteiger partial charge is 0.0170 e. The summed E-state index contributed by atoms with van der Waals surface area (Å²) in [4.78, 5) is 1.39. The van der Waals surface area contributed by atoms with Gasteiger partial charge in [-0.05, 0) is 29.7 Å². The minimum absolute atomic E-state index is 1.07. The number of thioether (sulfide) groups is 1. The third-order valence-corrected chi connectivity index (χ3v) is 4.07. The van der Waals surface area contributed by atoms with Crippen molar-refractivity contribution in [3.8, 4) is 0 Å². The Labute approximate surface area is 106 Å².